The fourth-order valence-corrected chi connectivity index (χ4v) is 4.02. The lowest BCUT2D eigenvalue weighted by molar-refractivity contribution is 0.113. The number of hydrogen-bond donors (Lipinski definition) is 2. The summed E-state index contributed by atoms with van der Waals surface area (Å²) in [7, 11) is 1.61. The van der Waals surface area contributed by atoms with Gasteiger partial charge in [-0.25, -0.2) is 4.39 Å². The number of methoxy groups -OCH3 is 1. The summed E-state index contributed by atoms with van der Waals surface area (Å²) in [4.78, 5) is 17.6. The van der Waals surface area contributed by atoms with Crippen LogP contribution in [0.1, 0.15) is 24.0 Å². The molecule has 0 amide bonds. The van der Waals surface area contributed by atoms with Crippen molar-refractivity contribution in [2.45, 2.75) is 32.0 Å². The van der Waals surface area contributed by atoms with Crippen LogP contribution in [0.25, 0.3) is 10.9 Å². The third kappa shape index (κ3) is 5.44. The summed E-state index contributed by atoms with van der Waals surface area (Å²) in [6.45, 7) is 2.13. The van der Waals surface area contributed by atoms with E-state index in [0.717, 1.165) is 35.9 Å². The molecule has 0 spiro atoms. The lowest BCUT2D eigenvalue weighted by atomic mass is 10.1. The van der Waals surface area contributed by atoms with Gasteiger partial charge in [0, 0.05) is 36.2 Å². The monoisotopic (exact) mass is 455 g/mol. The van der Waals surface area contributed by atoms with Gasteiger partial charge in [-0.15, -0.1) is 0 Å². The largest absolute Gasteiger partial charge is 0.497 e. The van der Waals surface area contributed by atoms with Crippen LogP contribution in [0.15, 0.2) is 53.3 Å². The second-order valence-electron chi connectivity index (χ2n) is 7.88. The van der Waals surface area contributed by atoms with Crippen LogP contribution < -0.4 is 15.6 Å². The van der Waals surface area contributed by atoms with Crippen LogP contribution in [0, 0.1) is 5.82 Å². The van der Waals surface area contributed by atoms with E-state index in [9.17, 15) is 9.18 Å². The average molecular weight is 456 g/mol. The normalized spacial score (nSPS) is 15.6. The first-order valence-corrected chi connectivity index (χ1v) is 11.0. The summed E-state index contributed by atoms with van der Waals surface area (Å²) in [5.41, 5.74) is 2.04. The van der Waals surface area contributed by atoms with E-state index < -0.39 is 0 Å². The maximum Gasteiger partial charge on any atom is 0.253 e. The molecule has 1 aliphatic heterocycles. The van der Waals surface area contributed by atoms with Crippen LogP contribution in [-0.2, 0) is 17.8 Å². The molecule has 6 nitrogen and oxygen atoms in total. The van der Waals surface area contributed by atoms with Gasteiger partial charge in [0.1, 0.15) is 11.6 Å². The van der Waals surface area contributed by atoms with Crippen molar-refractivity contribution in [2.24, 2.45) is 0 Å². The van der Waals surface area contributed by atoms with E-state index in [1.54, 1.807) is 19.2 Å². The van der Waals surface area contributed by atoms with E-state index in [1.165, 1.54) is 12.1 Å². The number of rotatable bonds is 7. The van der Waals surface area contributed by atoms with Gasteiger partial charge in [0.15, 0.2) is 5.11 Å². The molecule has 2 N–H and O–H groups in total. The van der Waals surface area contributed by atoms with Crippen molar-refractivity contribution in [3.8, 4) is 5.75 Å². The van der Waals surface area contributed by atoms with Gasteiger partial charge < -0.3 is 24.7 Å². The van der Waals surface area contributed by atoms with Crippen LogP contribution in [0.2, 0.25) is 0 Å². The number of halogens is 1. The fraction of sp³-hybridized carbons (Fsp3) is 0.333. The van der Waals surface area contributed by atoms with Gasteiger partial charge in [0.05, 0.1) is 19.8 Å². The Morgan fingerprint density at radius 1 is 1.25 bits per heavy atom. The van der Waals surface area contributed by atoms with E-state index >= 15 is 0 Å². The molecular weight excluding hydrogens is 429 g/mol. The molecule has 0 unspecified atom stereocenters. The van der Waals surface area contributed by atoms with Crippen molar-refractivity contribution < 1.29 is 13.9 Å². The van der Waals surface area contributed by atoms with Crippen LogP contribution in [0.5, 0.6) is 5.75 Å². The molecule has 32 heavy (non-hydrogen) atoms. The Labute approximate surface area is 191 Å². The van der Waals surface area contributed by atoms with Crippen molar-refractivity contribution >= 4 is 28.2 Å². The Kier molecular flexibility index (Phi) is 7.02. The number of aromatic amines is 1. The Morgan fingerprint density at radius 2 is 2.06 bits per heavy atom. The molecule has 1 aromatic heterocycles. The van der Waals surface area contributed by atoms with Crippen molar-refractivity contribution in [2.75, 3.05) is 20.3 Å². The Hall–Kier alpha value is -2.97. The van der Waals surface area contributed by atoms with Crippen molar-refractivity contribution in [3.63, 3.8) is 0 Å². The number of nitrogens with zero attached hydrogens (tertiary/aromatic N) is 1. The highest BCUT2D eigenvalue weighted by molar-refractivity contribution is 7.80. The zero-order chi connectivity index (χ0) is 22.5. The lowest BCUT2D eigenvalue weighted by Crippen LogP contribution is -2.42. The summed E-state index contributed by atoms with van der Waals surface area (Å²) < 4.78 is 24.3. The van der Waals surface area contributed by atoms with Crippen LogP contribution in [0.3, 0.4) is 0 Å². The average Bonchev–Trinajstić information content (AvgIpc) is 3.32. The highest BCUT2D eigenvalue weighted by Gasteiger charge is 2.18. The molecule has 1 fully saturated rings. The second-order valence-corrected chi connectivity index (χ2v) is 8.27. The first kappa shape index (κ1) is 22.2. The highest BCUT2D eigenvalue weighted by Crippen LogP contribution is 2.20. The lowest BCUT2D eigenvalue weighted by Gasteiger charge is -2.27. The Morgan fingerprint density at radius 3 is 2.78 bits per heavy atom. The number of H-pyrrole nitrogens is 1. The van der Waals surface area contributed by atoms with Gasteiger partial charge in [-0.05, 0) is 67.0 Å². The molecule has 2 heterocycles. The zero-order valence-corrected chi connectivity index (χ0v) is 18.7. The number of thiocarbonyl (C=S) groups is 1. The number of pyridine rings is 1. The van der Waals surface area contributed by atoms with E-state index in [4.69, 9.17) is 21.7 Å². The molecule has 4 rings (SSSR count). The molecule has 3 aromatic rings. The first-order valence-electron chi connectivity index (χ1n) is 10.6. The number of fused-ring (bicyclic) bond motifs is 1. The maximum absolute atomic E-state index is 13.4. The van der Waals surface area contributed by atoms with Crippen molar-refractivity contribution in [1.82, 2.24) is 15.2 Å². The van der Waals surface area contributed by atoms with Crippen LogP contribution in [-0.4, -0.2) is 41.4 Å². The van der Waals surface area contributed by atoms with Crippen molar-refractivity contribution in [3.05, 3.63) is 75.8 Å². The van der Waals surface area contributed by atoms with E-state index in [-0.39, 0.29) is 17.5 Å². The summed E-state index contributed by atoms with van der Waals surface area (Å²) in [5.74, 6) is 0.423. The molecular formula is C24H26FN3O3S. The van der Waals surface area contributed by atoms with Gasteiger partial charge in [0.2, 0.25) is 0 Å². The summed E-state index contributed by atoms with van der Waals surface area (Å²) in [6, 6.07) is 13.7. The quantitative estimate of drug-likeness (QED) is 0.530. The second kappa shape index (κ2) is 10.1. The molecule has 1 atom stereocenters. The van der Waals surface area contributed by atoms with Gasteiger partial charge in [-0.3, -0.25) is 4.79 Å². The maximum atomic E-state index is 13.4. The fourth-order valence-electron chi connectivity index (χ4n) is 3.81. The predicted molar refractivity (Wildman–Crippen MR) is 126 cm³/mol. The van der Waals surface area contributed by atoms with Gasteiger partial charge in [-0.2, -0.15) is 0 Å². The molecule has 8 heteroatoms. The molecule has 0 radical (unpaired) electrons. The van der Waals surface area contributed by atoms with Crippen molar-refractivity contribution in [1.29, 1.82) is 0 Å². The third-order valence-electron chi connectivity index (χ3n) is 5.57. The molecule has 0 aliphatic carbocycles. The molecule has 2 aromatic carbocycles. The minimum atomic E-state index is -0.292. The minimum Gasteiger partial charge on any atom is -0.497 e. The third-order valence-corrected chi connectivity index (χ3v) is 5.97. The molecule has 0 saturated carbocycles. The SMILES string of the molecule is COc1ccc2[nH]c(=O)c(CN(Cc3ccc(F)cc3)C(=S)NC[C@H]3CCCO3)cc2c1. The molecule has 1 saturated heterocycles. The predicted octanol–water partition coefficient (Wildman–Crippen LogP) is 3.73. The molecule has 168 valence electrons. The first-order chi connectivity index (χ1) is 15.5. The summed E-state index contributed by atoms with van der Waals surface area (Å²) in [6.07, 6.45) is 2.19. The van der Waals surface area contributed by atoms with Gasteiger partial charge in [-0.1, -0.05) is 12.1 Å². The number of hydrogen-bond acceptors (Lipinski definition) is 4. The smallest absolute Gasteiger partial charge is 0.253 e. The Bertz CT molecular complexity index is 1140. The van der Waals surface area contributed by atoms with Gasteiger partial charge in [0.25, 0.3) is 5.56 Å². The topological polar surface area (TPSA) is 66.6 Å². The van der Waals surface area contributed by atoms with E-state index in [0.29, 0.717) is 36.1 Å². The minimum absolute atomic E-state index is 0.136. The summed E-state index contributed by atoms with van der Waals surface area (Å²) >= 11 is 5.67. The molecule has 1 aliphatic rings. The highest BCUT2D eigenvalue weighted by atomic mass is 32.1. The number of aromatic nitrogens is 1. The van der Waals surface area contributed by atoms with Crippen LogP contribution in [0.4, 0.5) is 4.39 Å². The number of benzene rings is 2. The van der Waals surface area contributed by atoms with Crippen LogP contribution >= 0.6 is 12.2 Å². The Balaban J connectivity index is 1.58. The van der Waals surface area contributed by atoms with E-state index in [2.05, 4.69) is 10.3 Å². The zero-order valence-electron chi connectivity index (χ0n) is 17.9. The standard InChI is InChI=1S/C24H26FN3O3S/c1-30-20-8-9-22-17(12-20)11-18(23(29)27-22)15-28(14-16-4-6-19(25)7-5-16)24(32)26-13-21-3-2-10-31-21/h4-9,11-12,21H,2-3,10,13-15H2,1H3,(H,26,32)(H,27,29)/t21-/m1/s1. The number of ether oxygens (including phenoxy) is 2. The van der Waals surface area contributed by atoms with E-state index in [1.807, 2.05) is 29.2 Å². The number of nitrogens with one attached hydrogen (secondary N) is 2. The summed E-state index contributed by atoms with van der Waals surface area (Å²) in [5, 5.41) is 4.67. The van der Waals surface area contributed by atoms with Gasteiger partial charge >= 0.3 is 0 Å². The molecule has 0 bridgehead atoms.